The van der Waals surface area contributed by atoms with Gasteiger partial charge in [-0.15, -0.1) is 0 Å². The molecule has 0 aliphatic rings. The van der Waals surface area contributed by atoms with Gasteiger partial charge in [0, 0.05) is 31.1 Å². The third-order valence-corrected chi connectivity index (χ3v) is 3.26. The van der Waals surface area contributed by atoms with Gasteiger partial charge in [-0.3, -0.25) is 4.79 Å². The van der Waals surface area contributed by atoms with Crippen LogP contribution < -0.4 is 10.6 Å². The van der Waals surface area contributed by atoms with E-state index >= 15 is 0 Å². The number of hydrogen-bond acceptors (Lipinski definition) is 4. The van der Waals surface area contributed by atoms with Gasteiger partial charge in [0.1, 0.15) is 9.84 Å². The number of rotatable bonds is 6. The number of amides is 1. The Kier molecular flexibility index (Phi) is 5.15. The Bertz CT molecular complexity index is 495. The maximum Gasteiger partial charge on any atom is 0.221 e. The SMILES string of the molecule is CC(=O)Nc1ccc(NCCCS(C)(=O)=O)cc1. The summed E-state index contributed by atoms with van der Waals surface area (Å²) < 4.78 is 21.8. The van der Waals surface area contributed by atoms with E-state index in [2.05, 4.69) is 10.6 Å². The number of sulfone groups is 1. The maximum atomic E-state index is 10.9. The number of hydrogen-bond donors (Lipinski definition) is 2. The van der Waals surface area contributed by atoms with Crippen molar-refractivity contribution in [1.29, 1.82) is 0 Å². The molecule has 0 aliphatic carbocycles. The summed E-state index contributed by atoms with van der Waals surface area (Å²) in [5.41, 5.74) is 1.64. The minimum Gasteiger partial charge on any atom is -0.385 e. The van der Waals surface area contributed by atoms with E-state index in [9.17, 15) is 13.2 Å². The van der Waals surface area contributed by atoms with Crippen LogP contribution in [0.1, 0.15) is 13.3 Å². The number of carbonyl (C=O) groups is 1. The zero-order valence-corrected chi connectivity index (χ0v) is 11.4. The summed E-state index contributed by atoms with van der Waals surface area (Å²) >= 11 is 0. The van der Waals surface area contributed by atoms with Crippen LogP contribution in [-0.4, -0.2) is 32.9 Å². The average molecular weight is 270 g/mol. The van der Waals surface area contributed by atoms with E-state index in [4.69, 9.17) is 0 Å². The van der Waals surface area contributed by atoms with Crippen molar-refractivity contribution in [2.75, 3.05) is 29.2 Å². The summed E-state index contributed by atoms with van der Waals surface area (Å²) in [5.74, 6) is 0.0770. The molecule has 0 saturated carbocycles. The monoisotopic (exact) mass is 270 g/mol. The Hall–Kier alpha value is -1.56. The van der Waals surface area contributed by atoms with Crippen molar-refractivity contribution >= 4 is 27.1 Å². The molecule has 2 N–H and O–H groups in total. The maximum absolute atomic E-state index is 10.9. The minimum atomic E-state index is -2.89. The number of anilines is 2. The van der Waals surface area contributed by atoms with Crippen LogP contribution in [0.4, 0.5) is 11.4 Å². The van der Waals surface area contributed by atoms with Crippen molar-refractivity contribution in [3.63, 3.8) is 0 Å². The van der Waals surface area contributed by atoms with Crippen molar-refractivity contribution in [3.05, 3.63) is 24.3 Å². The highest BCUT2D eigenvalue weighted by Crippen LogP contribution is 2.13. The topological polar surface area (TPSA) is 75.3 Å². The zero-order chi connectivity index (χ0) is 13.6. The van der Waals surface area contributed by atoms with Crippen LogP contribution in [0, 0.1) is 0 Å². The van der Waals surface area contributed by atoms with Gasteiger partial charge >= 0.3 is 0 Å². The molecule has 6 heteroatoms. The van der Waals surface area contributed by atoms with Crippen LogP contribution in [0.15, 0.2) is 24.3 Å². The molecule has 0 atom stereocenters. The highest BCUT2D eigenvalue weighted by Gasteiger charge is 2.01. The zero-order valence-electron chi connectivity index (χ0n) is 10.6. The Labute approximate surface area is 108 Å². The van der Waals surface area contributed by atoms with Gasteiger partial charge in [0.25, 0.3) is 0 Å². The van der Waals surface area contributed by atoms with Crippen LogP contribution in [-0.2, 0) is 14.6 Å². The smallest absolute Gasteiger partial charge is 0.221 e. The molecule has 100 valence electrons. The first-order chi connectivity index (χ1) is 8.37. The van der Waals surface area contributed by atoms with E-state index in [1.54, 1.807) is 12.1 Å². The predicted octanol–water partition coefficient (Wildman–Crippen LogP) is 1.49. The second kappa shape index (κ2) is 6.39. The molecular weight excluding hydrogens is 252 g/mol. The molecule has 1 aromatic carbocycles. The van der Waals surface area contributed by atoms with Gasteiger partial charge in [-0.1, -0.05) is 0 Å². The average Bonchev–Trinajstić information content (AvgIpc) is 2.24. The summed E-state index contributed by atoms with van der Waals surface area (Å²) in [6.45, 7) is 2.06. The van der Waals surface area contributed by atoms with Gasteiger partial charge in [0.2, 0.25) is 5.91 Å². The molecule has 1 aromatic rings. The number of carbonyl (C=O) groups excluding carboxylic acids is 1. The molecule has 0 fully saturated rings. The molecule has 0 spiro atoms. The van der Waals surface area contributed by atoms with Gasteiger partial charge in [-0.05, 0) is 30.7 Å². The highest BCUT2D eigenvalue weighted by atomic mass is 32.2. The molecular formula is C12H18N2O3S. The van der Waals surface area contributed by atoms with E-state index in [-0.39, 0.29) is 11.7 Å². The summed E-state index contributed by atoms with van der Waals surface area (Å²) in [5, 5.41) is 5.79. The van der Waals surface area contributed by atoms with Gasteiger partial charge in [-0.2, -0.15) is 0 Å². The van der Waals surface area contributed by atoms with Crippen LogP contribution in [0.5, 0.6) is 0 Å². The second-order valence-electron chi connectivity index (χ2n) is 4.17. The van der Waals surface area contributed by atoms with Crippen LogP contribution in [0.25, 0.3) is 0 Å². The van der Waals surface area contributed by atoms with E-state index < -0.39 is 9.84 Å². The third kappa shape index (κ3) is 6.24. The van der Waals surface area contributed by atoms with E-state index in [0.29, 0.717) is 13.0 Å². The number of nitrogens with one attached hydrogen (secondary N) is 2. The lowest BCUT2D eigenvalue weighted by Crippen LogP contribution is -2.10. The van der Waals surface area contributed by atoms with Crippen molar-refractivity contribution in [2.24, 2.45) is 0 Å². The Balaban J connectivity index is 2.37. The summed E-state index contributed by atoms with van der Waals surface area (Å²) in [4.78, 5) is 10.8. The van der Waals surface area contributed by atoms with Crippen molar-refractivity contribution in [3.8, 4) is 0 Å². The molecule has 0 bridgehead atoms. The Morgan fingerprint density at radius 2 is 1.72 bits per heavy atom. The largest absolute Gasteiger partial charge is 0.385 e. The number of benzene rings is 1. The van der Waals surface area contributed by atoms with Crippen LogP contribution in [0.2, 0.25) is 0 Å². The summed E-state index contributed by atoms with van der Waals surface area (Å²) in [7, 11) is -2.89. The second-order valence-corrected chi connectivity index (χ2v) is 6.43. The normalized spacial score (nSPS) is 11.0. The minimum absolute atomic E-state index is 0.108. The molecule has 1 amide bonds. The lowest BCUT2D eigenvalue weighted by Gasteiger charge is -2.07. The van der Waals surface area contributed by atoms with Gasteiger partial charge in [0.05, 0.1) is 5.75 Å². The standard InChI is InChI=1S/C12H18N2O3S/c1-10(15)14-12-6-4-11(5-7-12)13-8-3-9-18(2,16)17/h4-7,13H,3,8-9H2,1-2H3,(H,14,15). The fourth-order valence-electron chi connectivity index (χ4n) is 1.44. The van der Waals surface area contributed by atoms with Gasteiger partial charge < -0.3 is 10.6 Å². The highest BCUT2D eigenvalue weighted by molar-refractivity contribution is 7.90. The predicted molar refractivity (Wildman–Crippen MR) is 73.6 cm³/mol. The molecule has 0 aliphatic heterocycles. The molecule has 18 heavy (non-hydrogen) atoms. The molecule has 0 saturated heterocycles. The van der Waals surface area contributed by atoms with Crippen LogP contribution in [0.3, 0.4) is 0 Å². The van der Waals surface area contributed by atoms with Gasteiger partial charge in [0.15, 0.2) is 0 Å². The lowest BCUT2D eigenvalue weighted by atomic mass is 10.2. The first-order valence-electron chi connectivity index (χ1n) is 5.66. The van der Waals surface area contributed by atoms with Crippen molar-refractivity contribution in [1.82, 2.24) is 0 Å². The Morgan fingerprint density at radius 3 is 2.22 bits per heavy atom. The van der Waals surface area contributed by atoms with Gasteiger partial charge in [-0.25, -0.2) is 8.42 Å². The fraction of sp³-hybridized carbons (Fsp3) is 0.417. The van der Waals surface area contributed by atoms with E-state index in [1.165, 1.54) is 13.2 Å². The van der Waals surface area contributed by atoms with Crippen LogP contribution >= 0.6 is 0 Å². The fourth-order valence-corrected chi connectivity index (χ4v) is 2.11. The van der Waals surface area contributed by atoms with Crippen molar-refractivity contribution < 1.29 is 13.2 Å². The Morgan fingerprint density at radius 1 is 1.17 bits per heavy atom. The van der Waals surface area contributed by atoms with E-state index in [0.717, 1.165) is 11.4 Å². The third-order valence-electron chi connectivity index (χ3n) is 2.23. The van der Waals surface area contributed by atoms with Crippen molar-refractivity contribution in [2.45, 2.75) is 13.3 Å². The quantitative estimate of drug-likeness (QED) is 0.768. The molecule has 1 rings (SSSR count). The first-order valence-corrected chi connectivity index (χ1v) is 7.72. The molecule has 5 nitrogen and oxygen atoms in total. The molecule has 0 heterocycles. The molecule has 0 radical (unpaired) electrons. The summed E-state index contributed by atoms with van der Waals surface area (Å²) in [6, 6.07) is 7.26. The first kappa shape index (κ1) is 14.5. The summed E-state index contributed by atoms with van der Waals surface area (Å²) in [6.07, 6.45) is 1.81. The molecule has 0 unspecified atom stereocenters. The lowest BCUT2D eigenvalue weighted by molar-refractivity contribution is -0.114. The molecule has 0 aromatic heterocycles. The van der Waals surface area contributed by atoms with E-state index in [1.807, 2.05) is 12.1 Å².